The zero-order valence-electron chi connectivity index (χ0n) is 10.2. The molecule has 0 aliphatic rings. The van der Waals surface area contributed by atoms with Crippen LogP contribution < -0.4 is 5.32 Å². The minimum atomic E-state index is 0.737. The maximum atomic E-state index is 8.49. The summed E-state index contributed by atoms with van der Waals surface area (Å²) in [5, 5.41) is 14.7. The van der Waals surface area contributed by atoms with E-state index in [1.165, 1.54) is 11.8 Å². The largest absolute Gasteiger partial charge is 0.411 e. The SMILES string of the molecule is Cc1nc(NCc2ccccc2)ccc1/C=N/O. The predicted octanol–water partition coefficient (Wildman–Crippen LogP) is 2.81. The number of benzene rings is 1. The summed E-state index contributed by atoms with van der Waals surface area (Å²) < 4.78 is 0. The van der Waals surface area contributed by atoms with Gasteiger partial charge in [0.15, 0.2) is 0 Å². The maximum absolute atomic E-state index is 8.49. The Hall–Kier alpha value is -2.36. The highest BCUT2D eigenvalue weighted by atomic mass is 16.4. The van der Waals surface area contributed by atoms with Gasteiger partial charge in [0.25, 0.3) is 0 Å². The van der Waals surface area contributed by atoms with E-state index in [-0.39, 0.29) is 0 Å². The first-order chi connectivity index (χ1) is 8.79. The summed E-state index contributed by atoms with van der Waals surface area (Å²) >= 11 is 0. The molecule has 0 radical (unpaired) electrons. The van der Waals surface area contributed by atoms with Gasteiger partial charge < -0.3 is 10.5 Å². The maximum Gasteiger partial charge on any atom is 0.126 e. The molecule has 0 bridgehead atoms. The molecular formula is C14H15N3O. The zero-order chi connectivity index (χ0) is 12.8. The van der Waals surface area contributed by atoms with Gasteiger partial charge >= 0.3 is 0 Å². The van der Waals surface area contributed by atoms with E-state index in [9.17, 15) is 0 Å². The van der Waals surface area contributed by atoms with Gasteiger partial charge in [0, 0.05) is 17.8 Å². The molecule has 0 atom stereocenters. The molecule has 2 N–H and O–H groups in total. The first-order valence-corrected chi connectivity index (χ1v) is 5.72. The molecule has 0 aliphatic heterocycles. The van der Waals surface area contributed by atoms with Gasteiger partial charge in [-0.1, -0.05) is 35.5 Å². The van der Waals surface area contributed by atoms with Crippen LogP contribution in [0.25, 0.3) is 0 Å². The molecular weight excluding hydrogens is 226 g/mol. The number of nitrogens with one attached hydrogen (secondary N) is 1. The fraction of sp³-hybridized carbons (Fsp3) is 0.143. The van der Waals surface area contributed by atoms with Crippen LogP contribution in [0, 0.1) is 6.92 Å². The van der Waals surface area contributed by atoms with E-state index in [1.54, 1.807) is 0 Å². The number of aryl methyl sites for hydroxylation is 1. The molecule has 1 aromatic heterocycles. The topological polar surface area (TPSA) is 57.5 Å². The minimum absolute atomic E-state index is 0.737. The normalized spacial score (nSPS) is 10.7. The van der Waals surface area contributed by atoms with Crippen LogP contribution in [-0.2, 0) is 6.54 Å². The molecule has 0 saturated heterocycles. The van der Waals surface area contributed by atoms with E-state index in [1.807, 2.05) is 37.3 Å². The zero-order valence-corrected chi connectivity index (χ0v) is 10.2. The van der Waals surface area contributed by atoms with Crippen LogP contribution in [0.3, 0.4) is 0 Å². The van der Waals surface area contributed by atoms with Crippen molar-refractivity contribution in [2.24, 2.45) is 5.16 Å². The summed E-state index contributed by atoms with van der Waals surface area (Å²) in [4.78, 5) is 4.39. The molecule has 0 aliphatic carbocycles. The van der Waals surface area contributed by atoms with Gasteiger partial charge in [-0.05, 0) is 24.6 Å². The molecule has 92 valence electrons. The van der Waals surface area contributed by atoms with E-state index in [0.717, 1.165) is 23.6 Å². The van der Waals surface area contributed by atoms with E-state index in [0.29, 0.717) is 0 Å². The molecule has 4 nitrogen and oxygen atoms in total. The molecule has 18 heavy (non-hydrogen) atoms. The fourth-order valence-electron chi connectivity index (χ4n) is 1.66. The summed E-state index contributed by atoms with van der Waals surface area (Å²) in [5.74, 6) is 0.812. The van der Waals surface area contributed by atoms with Gasteiger partial charge in [0.1, 0.15) is 5.82 Å². The van der Waals surface area contributed by atoms with Crippen LogP contribution in [0.2, 0.25) is 0 Å². The van der Waals surface area contributed by atoms with Crippen LogP contribution in [0.1, 0.15) is 16.8 Å². The average molecular weight is 241 g/mol. The van der Waals surface area contributed by atoms with Crippen LogP contribution in [0.15, 0.2) is 47.6 Å². The minimum Gasteiger partial charge on any atom is -0.411 e. The van der Waals surface area contributed by atoms with Gasteiger partial charge in [-0.25, -0.2) is 4.98 Å². The molecule has 1 heterocycles. The monoisotopic (exact) mass is 241 g/mol. The van der Waals surface area contributed by atoms with Crippen molar-refractivity contribution in [1.82, 2.24) is 4.98 Å². The first-order valence-electron chi connectivity index (χ1n) is 5.72. The molecule has 4 heteroatoms. The van der Waals surface area contributed by atoms with E-state index >= 15 is 0 Å². The Morgan fingerprint density at radius 1 is 1.22 bits per heavy atom. The molecule has 0 spiro atoms. The molecule has 0 unspecified atom stereocenters. The second-order valence-corrected chi connectivity index (χ2v) is 3.95. The van der Waals surface area contributed by atoms with E-state index in [4.69, 9.17) is 5.21 Å². The average Bonchev–Trinajstić information content (AvgIpc) is 2.41. The Balaban J connectivity index is 2.04. The summed E-state index contributed by atoms with van der Waals surface area (Å²) in [5.41, 5.74) is 2.84. The van der Waals surface area contributed by atoms with Gasteiger partial charge in [-0.3, -0.25) is 0 Å². The number of oxime groups is 1. The number of pyridine rings is 1. The van der Waals surface area contributed by atoms with E-state index in [2.05, 4.69) is 27.6 Å². The molecule has 0 amide bonds. The number of aromatic nitrogens is 1. The summed E-state index contributed by atoms with van der Waals surface area (Å²) in [6, 6.07) is 13.9. The van der Waals surface area contributed by atoms with Crippen LogP contribution in [0.5, 0.6) is 0 Å². The predicted molar refractivity (Wildman–Crippen MR) is 72.1 cm³/mol. The standard InChI is InChI=1S/C14H15N3O/c1-11-13(10-16-18)7-8-14(17-11)15-9-12-5-3-2-4-6-12/h2-8,10,18H,9H2,1H3,(H,15,17)/b16-10+. The lowest BCUT2D eigenvalue weighted by Crippen LogP contribution is -2.03. The molecule has 2 aromatic rings. The van der Waals surface area contributed by atoms with Gasteiger partial charge in [-0.2, -0.15) is 0 Å². The van der Waals surface area contributed by atoms with E-state index < -0.39 is 0 Å². The summed E-state index contributed by atoms with van der Waals surface area (Å²) in [6.45, 7) is 2.62. The quantitative estimate of drug-likeness (QED) is 0.491. The van der Waals surface area contributed by atoms with Crippen molar-refractivity contribution in [1.29, 1.82) is 0 Å². The third kappa shape index (κ3) is 3.07. The Morgan fingerprint density at radius 2 is 2.00 bits per heavy atom. The van der Waals surface area contributed by atoms with Crippen molar-refractivity contribution in [3.05, 3.63) is 59.3 Å². The number of nitrogens with zero attached hydrogens (tertiary/aromatic N) is 2. The first kappa shape index (κ1) is 12.1. The Morgan fingerprint density at radius 3 is 2.67 bits per heavy atom. The van der Waals surface area contributed by atoms with Crippen molar-refractivity contribution < 1.29 is 5.21 Å². The van der Waals surface area contributed by atoms with Crippen LogP contribution >= 0.6 is 0 Å². The molecule has 2 rings (SSSR count). The number of rotatable bonds is 4. The van der Waals surface area contributed by atoms with Crippen molar-refractivity contribution in [2.45, 2.75) is 13.5 Å². The van der Waals surface area contributed by atoms with Gasteiger partial charge in [0.05, 0.1) is 6.21 Å². The Kier molecular flexibility index (Phi) is 3.91. The number of hydrogen-bond acceptors (Lipinski definition) is 4. The Labute approximate surface area is 106 Å². The van der Waals surface area contributed by atoms with Crippen LogP contribution in [0.4, 0.5) is 5.82 Å². The number of hydrogen-bond donors (Lipinski definition) is 2. The third-order valence-electron chi connectivity index (χ3n) is 2.64. The summed E-state index contributed by atoms with van der Waals surface area (Å²) in [6.07, 6.45) is 1.38. The highest BCUT2D eigenvalue weighted by Crippen LogP contribution is 2.10. The fourth-order valence-corrected chi connectivity index (χ4v) is 1.66. The molecule has 1 aromatic carbocycles. The van der Waals surface area contributed by atoms with Gasteiger partial charge in [0.2, 0.25) is 0 Å². The van der Waals surface area contributed by atoms with Crippen molar-refractivity contribution >= 4 is 12.0 Å². The smallest absolute Gasteiger partial charge is 0.126 e. The highest BCUT2D eigenvalue weighted by molar-refractivity contribution is 5.80. The highest BCUT2D eigenvalue weighted by Gasteiger charge is 2.00. The number of anilines is 1. The lowest BCUT2D eigenvalue weighted by molar-refractivity contribution is 0.322. The van der Waals surface area contributed by atoms with Crippen molar-refractivity contribution in [3.63, 3.8) is 0 Å². The molecule has 0 saturated carbocycles. The third-order valence-corrected chi connectivity index (χ3v) is 2.64. The lowest BCUT2D eigenvalue weighted by atomic mass is 10.2. The van der Waals surface area contributed by atoms with Gasteiger partial charge in [-0.15, -0.1) is 0 Å². The van der Waals surface area contributed by atoms with Crippen molar-refractivity contribution in [2.75, 3.05) is 5.32 Å². The van der Waals surface area contributed by atoms with Crippen LogP contribution in [-0.4, -0.2) is 16.4 Å². The second kappa shape index (κ2) is 5.82. The van der Waals surface area contributed by atoms with Crippen molar-refractivity contribution in [3.8, 4) is 0 Å². The molecule has 0 fully saturated rings. The lowest BCUT2D eigenvalue weighted by Gasteiger charge is -2.07. The second-order valence-electron chi connectivity index (χ2n) is 3.95. The summed E-state index contributed by atoms with van der Waals surface area (Å²) in [7, 11) is 0. The Bertz CT molecular complexity index is 538.